The molecule has 9 N–H and O–H groups in total. The zero-order valence-electron chi connectivity index (χ0n) is 33.9. The Hall–Kier alpha value is -3.86. The molecule has 0 spiro atoms. The highest BCUT2D eigenvalue weighted by Gasteiger charge is 2.54. The van der Waals surface area contributed by atoms with Gasteiger partial charge in [0.15, 0.2) is 0 Å². The van der Waals surface area contributed by atoms with Gasteiger partial charge < -0.3 is 41.4 Å². The van der Waals surface area contributed by atoms with Crippen LogP contribution in [0, 0.1) is 29.6 Å². The maximum Gasteiger partial charge on any atom is 0.309 e. The van der Waals surface area contributed by atoms with Crippen LogP contribution in [-0.4, -0.2) is 64.4 Å². The molecule has 312 valence electrons. The molecule has 1 aromatic carbocycles. The van der Waals surface area contributed by atoms with E-state index < -0.39 is 23.6 Å². The van der Waals surface area contributed by atoms with Crippen molar-refractivity contribution >= 4 is 11.8 Å². The Morgan fingerprint density at radius 3 is 2.40 bits per heavy atom. The van der Waals surface area contributed by atoms with Crippen LogP contribution in [0.3, 0.4) is 0 Å². The average Bonchev–Trinajstić information content (AvgIpc) is 3.93. The molecule has 3 aliphatic rings. The number of aliphatic hydroxyl groups excluding tert-OH is 2. The molecule has 3 aromatic rings. The standard InChI is InChI=1S/C47H67N3O7/c1-2-3-5-10-31-13-14-32(43(54)23-31)11-6-4-7-12-40(45(55)56)42(53)17-21-47(57)30-36(46(19-8-9-20-46)34-18-22-49-44(48)28-34)26-35(47)27-37-15-16-41(50-37)33-24-38(51)29-39(52)25-33/h13-16,18,22,24-25,28-29,31-32,35-36,40,42-43,50-54,57H,2-12,17,19-21,23,26-27,30H2,1H3,(H2,48,49)(H,55,56). The van der Waals surface area contributed by atoms with Crippen molar-refractivity contribution in [1.29, 1.82) is 0 Å². The fourth-order valence-electron chi connectivity index (χ4n) is 10.8. The summed E-state index contributed by atoms with van der Waals surface area (Å²) in [4.78, 5) is 20.2. The number of rotatable bonds is 20. The predicted molar refractivity (Wildman–Crippen MR) is 224 cm³/mol. The Bertz CT molecular complexity index is 1770. The summed E-state index contributed by atoms with van der Waals surface area (Å²) in [6.07, 6.45) is 20.6. The molecule has 2 fully saturated rings. The zero-order valence-corrected chi connectivity index (χ0v) is 33.9. The molecule has 0 bridgehead atoms. The first-order valence-corrected chi connectivity index (χ1v) is 21.8. The number of nitrogens with zero attached hydrogens (tertiary/aromatic N) is 1. The van der Waals surface area contributed by atoms with Gasteiger partial charge in [-0.15, -0.1) is 0 Å². The quantitative estimate of drug-likeness (QED) is 0.0408. The number of aliphatic carboxylic acids is 1. The van der Waals surface area contributed by atoms with E-state index in [0.29, 0.717) is 43.0 Å². The third kappa shape index (κ3) is 10.6. The number of hydrogen-bond donors (Lipinski definition) is 8. The number of hydrogen-bond acceptors (Lipinski definition) is 8. The molecule has 6 rings (SSSR count). The first kappa shape index (κ1) is 42.7. The summed E-state index contributed by atoms with van der Waals surface area (Å²) in [5.41, 5.74) is 8.38. The van der Waals surface area contributed by atoms with E-state index in [1.165, 1.54) is 25.3 Å². The number of nitrogens with two attached hydrogens (primary N) is 1. The lowest BCUT2D eigenvalue weighted by molar-refractivity contribution is -0.146. The Labute approximate surface area is 338 Å². The number of aromatic hydroxyl groups is 2. The summed E-state index contributed by atoms with van der Waals surface area (Å²) in [5.74, 6) is -0.899. The topological polar surface area (TPSA) is 193 Å². The molecular formula is C47H67N3O7. The number of phenolic OH excluding ortho intramolecular Hbond substituents is 2. The molecule has 2 heterocycles. The molecule has 0 radical (unpaired) electrons. The predicted octanol–water partition coefficient (Wildman–Crippen LogP) is 8.81. The molecule has 10 nitrogen and oxygen atoms in total. The van der Waals surface area contributed by atoms with Gasteiger partial charge >= 0.3 is 5.97 Å². The number of nitrogen functional groups attached to an aromatic ring is 1. The highest BCUT2D eigenvalue weighted by molar-refractivity contribution is 5.70. The number of allylic oxidation sites excluding steroid dienone is 1. The van der Waals surface area contributed by atoms with Crippen molar-refractivity contribution in [3.8, 4) is 22.8 Å². The van der Waals surface area contributed by atoms with Crippen molar-refractivity contribution in [2.75, 3.05) is 5.73 Å². The fraction of sp³-hybridized carbons (Fsp3) is 0.617. The van der Waals surface area contributed by atoms with E-state index in [0.717, 1.165) is 81.2 Å². The summed E-state index contributed by atoms with van der Waals surface area (Å²) >= 11 is 0. The average molecular weight is 786 g/mol. The number of H-pyrrole nitrogens is 1. The Morgan fingerprint density at radius 2 is 1.70 bits per heavy atom. The van der Waals surface area contributed by atoms with E-state index >= 15 is 0 Å². The number of aromatic nitrogens is 2. The number of carboxylic acid groups (broad SMARTS) is 1. The lowest BCUT2D eigenvalue weighted by Gasteiger charge is -2.37. The first-order valence-electron chi connectivity index (χ1n) is 21.8. The van der Waals surface area contributed by atoms with Crippen molar-refractivity contribution in [1.82, 2.24) is 9.97 Å². The number of aromatic amines is 1. The van der Waals surface area contributed by atoms with Gasteiger partial charge in [-0.2, -0.15) is 0 Å². The van der Waals surface area contributed by atoms with E-state index in [9.17, 15) is 35.4 Å². The lowest BCUT2D eigenvalue weighted by atomic mass is 9.67. The minimum Gasteiger partial charge on any atom is -0.508 e. The number of nitrogens with one attached hydrogen (secondary N) is 1. The van der Waals surface area contributed by atoms with Crippen LogP contribution >= 0.6 is 0 Å². The van der Waals surface area contributed by atoms with Crippen LogP contribution in [0.2, 0.25) is 0 Å². The number of benzene rings is 1. The first-order chi connectivity index (χ1) is 27.4. The number of phenols is 2. The maximum atomic E-state index is 12.7. The van der Waals surface area contributed by atoms with Crippen LogP contribution in [0.25, 0.3) is 11.3 Å². The number of aliphatic hydroxyl groups is 3. The highest BCUT2D eigenvalue weighted by Crippen LogP contribution is 2.57. The van der Waals surface area contributed by atoms with Crippen LogP contribution in [0.1, 0.15) is 134 Å². The summed E-state index contributed by atoms with van der Waals surface area (Å²) in [6, 6.07) is 12.4. The summed E-state index contributed by atoms with van der Waals surface area (Å²) < 4.78 is 0. The zero-order chi connectivity index (χ0) is 40.6. The smallest absolute Gasteiger partial charge is 0.309 e. The SMILES string of the molecule is CCCCCC1C=CC(CCCCCC(C(=O)O)C(O)CCC2(O)CC(C3(c4ccnc(N)c4)CCCC3)CC2Cc2ccc(-c3cc(O)cc(O)c3)[nH]2)C(O)C1. The van der Waals surface area contributed by atoms with Crippen molar-refractivity contribution < 1.29 is 35.4 Å². The molecule has 57 heavy (non-hydrogen) atoms. The Balaban J connectivity index is 1.10. The lowest BCUT2D eigenvalue weighted by Crippen LogP contribution is -2.38. The minimum absolute atomic E-state index is 0.0335. The molecule has 2 saturated carbocycles. The van der Waals surface area contributed by atoms with Crippen molar-refractivity contribution in [2.24, 2.45) is 29.6 Å². The molecule has 0 amide bonds. The van der Waals surface area contributed by atoms with Gasteiger partial charge in [0.1, 0.15) is 17.3 Å². The fourth-order valence-corrected chi connectivity index (χ4v) is 10.8. The second-order valence-corrected chi connectivity index (χ2v) is 17.9. The Morgan fingerprint density at radius 1 is 0.947 bits per heavy atom. The van der Waals surface area contributed by atoms with Gasteiger partial charge in [0.2, 0.25) is 0 Å². The van der Waals surface area contributed by atoms with Crippen LogP contribution < -0.4 is 5.73 Å². The van der Waals surface area contributed by atoms with Crippen LogP contribution in [0.4, 0.5) is 5.82 Å². The molecule has 0 saturated heterocycles. The number of unbranched alkanes of at least 4 members (excludes halogenated alkanes) is 4. The summed E-state index contributed by atoms with van der Waals surface area (Å²) in [5, 5.41) is 65.3. The molecule has 2 aromatic heterocycles. The second-order valence-electron chi connectivity index (χ2n) is 17.9. The van der Waals surface area contributed by atoms with Gasteiger partial charge in [0, 0.05) is 35.1 Å². The van der Waals surface area contributed by atoms with Crippen LogP contribution in [0.5, 0.6) is 11.5 Å². The number of carboxylic acids is 1. The van der Waals surface area contributed by atoms with E-state index in [4.69, 9.17) is 5.73 Å². The molecule has 8 unspecified atom stereocenters. The van der Waals surface area contributed by atoms with E-state index in [2.05, 4.69) is 35.1 Å². The molecule has 10 heteroatoms. The van der Waals surface area contributed by atoms with Crippen LogP contribution in [0.15, 0.2) is 60.8 Å². The Kier molecular flexibility index (Phi) is 14.4. The van der Waals surface area contributed by atoms with E-state index in [1.807, 2.05) is 18.2 Å². The van der Waals surface area contributed by atoms with Gasteiger partial charge in [-0.1, -0.05) is 70.4 Å². The van der Waals surface area contributed by atoms with Crippen molar-refractivity contribution in [3.05, 3.63) is 72.1 Å². The van der Waals surface area contributed by atoms with E-state index in [-0.39, 0.29) is 53.6 Å². The number of carbonyl (C=O) groups is 1. The summed E-state index contributed by atoms with van der Waals surface area (Å²) in [7, 11) is 0. The third-order valence-corrected chi connectivity index (χ3v) is 14.0. The summed E-state index contributed by atoms with van der Waals surface area (Å²) in [6.45, 7) is 2.21. The largest absolute Gasteiger partial charge is 0.508 e. The number of pyridine rings is 1. The molecule has 8 atom stereocenters. The number of anilines is 1. The van der Waals surface area contributed by atoms with Gasteiger partial charge in [-0.05, 0) is 136 Å². The highest BCUT2D eigenvalue weighted by atomic mass is 16.4. The minimum atomic E-state index is -1.14. The van der Waals surface area contributed by atoms with Gasteiger partial charge in [0.05, 0.1) is 23.7 Å². The molecular weight excluding hydrogens is 719 g/mol. The second kappa shape index (κ2) is 19.3. The normalized spacial score (nSPS) is 26.8. The van der Waals surface area contributed by atoms with Crippen LogP contribution in [-0.2, 0) is 16.6 Å². The molecule has 0 aliphatic heterocycles. The van der Waals surface area contributed by atoms with Gasteiger partial charge in [0.25, 0.3) is 0 Å². The van der Waals surface area contributed by atoms with E-state index in [1.54, 1.807) is 18.3 Å². The third-order valence-electron chi connectivity index (χ3n) is 14.0. The van der Waals surface area contributed by atoms with Gasteiger partial charge in [-0.3, -0.25) is 4.79 Å². The monoisotopic (exact) mass is 785 g/mol. The van der Waals surface area contributed by atoms with Crippen molar-refractivity contribution in [3.63, 3.8) is 0 Å². The maximum absolute atomic E-state index is 12.7. The molecule has 3 aliphatic carbocycles. The van der Waals surface area contributed by atoms with Gasteiger partial charge in [-0.25, -0.2) is 4.98 Å². The van der Waals surface area contributed by atoms with Crippen molar-refractivity contribution in [2.45, 2.75) is 152 Å².